The van der Waals surface area contributed by atoms with E-state index in [1.54, 1.807) is 22.3 Å². The van der Waals surface area contributed by atoms with Crippen LogP contribution in [0.4, 0.5) is 9.18 Å². The lowest BCUT2D eigenvalue weighted by atomic mass is 10.0. The van der Waals surface area contributed by atoms with Crippen LogP contribution in [0.3, 0.4) is 0 Å². The number of pyridine rings is 2. The van der Waals surface area contributed by atoms with E-state index in [2.05, 4.69) is 26.3 Å². The summed E-state index contributed by atoms with van der Waals surface area (Å²) in [4.78, 5) is 22.5. The van der Waals surface area contributed by atoms with Crippen molar-refractivity contribution in [3.05, 3.63) is 59.6 Å². The number of rotatable bonds is 5. The van der Waals surface area contributed by atoms with Crippen LogP contribution in [0.1, 0.15) is 69.6 Å². The second-order valence-electron chi connectivity index (χ2n) is 10.9. The molecule has 0 spiro atoms. The molecule has 4 aromatic rings. The third kappa shape index (κ3) is 5.45. The van der Waals surface area contributed by atoms with E-state index in [1.807, 2.05) is 38.4 Å². The molecular weight excluding hydrogens is 515 g/mol. The number of aromatic nitrogens is 6. The highest BCUT2D eigenvalue weighted by molar-refractivity contribution is 5.69. The third-order valence-electron chi connectivity index (χ3n) is 6.84. The zero-order valence-electron chi connectivity index (χ0n) is 23.1. The summed E-state index contributed by atoms with van der Waals surface area (Å²) in [5.74, 6) is -0.103. The lowest BCUT2D eigenvalue weighted by Gasteiger charge is -2.33. The highest BCUT2D eigenvalue weighted by atomic mass is 19.1. The fourth-order valence-corrected chi connectivity index (χ4v) is 4.85. The quantitative estimate of drug-likeness (QED) is 0.342. The Morgan fingerprint density at radius 2 is 1.93 bits per heavy atom. The number of fused-ring (bicyclic) bond motifs is 1. The molecule has 0 N–H and O–H groups in total. The van der Waals surface area contributed by atoms with E-state index in [0.717, 1.165) is 30.3 Å². The van der Waals surface area contributed by atoms with Crippen LogP contribution in [0.2, 0.25) is 0 Å². The van der Waals surface area contributed by atoms with Crippen LogP contribution in [0.25, 0.3) is 16.9 Å². The van der Waals surface area contributed by atoms with Crippen molar-refractivity contribution in [3.63, 3.8) is 0 Å². The van der Waals surface area contributed by atoms with Crippen molar-refractivity contribution in [2.24, 2.45) is 0 Å². The van der Waals surface area contributed by atoms with Gasteiger partial charge in [0.15, 0.2) is 0 Å². The number of imidazole rings is 1. The van der Waals surface area contributed by atoms with Crippen molar-refractivity contribution < 1.29 is 18.7 Å². The lowest BCUT2D eigenvalue weighted by Crippen LogP contribution is -2.42. The van der Waals surface area contributed by atoms with Crippen LogP contribution < -0.4 is 4.74 Å². The number of nitriles is 1. The van der Waals surface area contributed by atoms with Gasteiger partial charge in [-0.3, -0.25) is 9.38 Å². The standard InChI is InChI=1S/C28H31FN8O3/c1-17-26(33-34-37(17)22-6-8-35(9-7-22)27(38)40-28(3,4)5)19-11-24-32-16-23(13-30)36(24)25(12-19)39-18(2)20-10-21(29)15-31-14-20/h10-12,14-16,18,22H,6-9H2,1-5H3. The van der Waals surface area contributed by atoms with Crippen molar-refractivity contribution in [2.75, 3.05) is 13.1 Å². The Bertz CT molecular complexity index is 1590. The van der Waals surface area contributed by atoms with Crippen molar-refractivity contribution in [1.29, 1.82) is 5.26 Å². The van der Waals surface area contributed by atoms with E-state index >= 15 is 0 Å². The zero-order chi connectivity index (χ0) is 28.6. The van der Waals surface area contributed by atoms with Gasteiger partial charge in [-0.25, -0.2) is 18.9 Å². The zero-order valence-corrected chi connectivity index (χ0v) is 23.1. The normalized spacial score (nSPS) is 15.2. The highest BCUT2D eigenvalue weighted by Gasteiger charge is 2.29. The molecule has 0 aromatic carbocycles. The fourth-order valence-electron chi connectivity index (χ4n) is 4.85. The van der Waals surface area contributed by atoms with Gasteiger partial charge in [0, 0.05) is 36.5 Å². The van der Waals surface area contributed by atoms with Gasteiger partial charge in [-0.05, 0) is 59.6 Å². The molecule has 1 unspecified atom stereocenters. The van der Waals surface area contributed by atoms with Gasteiger partial charge in [0.05, 0.1) is 24.1 Å². The maximum atomic E-state index is 13.8. The van der Waals surface area contributed by atoms with E-state index in [9.17, 15) is 14.4 Å². The summed E-state index contributed by atoms with van der Waals surface area (Å²) in [5, 5.41) is 18.6. The Morgan fingerprint density at radius 1 is 1.18 bits per heavy atom. The monoisotopic (exact) mass is 546 g/mol. The number of ether oxygens (including phenoxy) is 2. The summed E-state index contributed by atoms with van der Waals surface area (Å²) in [6.45, 7) is 10.4. The van der Waals surface area contributed by atoms with Gasteiger partial charge in [-0.1, -0.05) is 5.21 Å². The van der Waals surface area contributed by atoms with Crippen molar-refractivity contribution >= 4 is 11.7 Å². The smallest absolute Gasteiger partial charge is 0.410 e. The Hall–Kier alpha value is -4.53. The topological polar surface area (TPSA) is 123 Å². The minimum absolute atomic E-state index is 0.0801. The first-order valence-corrected chi connectivity index (χ1v) is 13.1. The molecule has 0 aliphatic carbocycles. The van der Waals surface area contributed by atoms with E-state index in [-0.39, 0.29) is 12.1 Å². The molecule has 12 heteroatoms. The summed E-state index contributed by atoms with van der Waals surface area (Å²) >= 11 is 0. The van der Waals surface area contributed by atoms with Gasteiger partial charge in [0.1, 0.15) is 40.6 Å². The largest absolute Gasteiger partial charge is 0.471 e. The van der Waals surface area contributed by atoms with Crippen molar-refractivity contribution in [3.8, 4) is 23.2 Å². The average molecular weight is 547 g/mol. The maximum Gasteiger partial charge on any atom is 0.410 e. The molecular formula is C28H31FN8O3. The summed E-state index contributed by atoms with van der Waals surface area (Å²) in [6, 6.07) is 7.19. The molecule has 1 amide bonds. The van der Waals surface area contributed by atoms with Gasteiger partial charge < -0.3 is 14.4 Å². The lowest BCUT2D eigenvalue weighted by molar-refractivity contribution is 0.0183. The number of halogens is 1. The maximum absolute atomic E-state index is 13.8. The number of hydrogen-bond donors (Lipinski definition) is 0. The Morgan fingerprint density at radius 3 is 2.60 bits per heavy atom. The van der Waals surface area contributed by atoms with Gasteiger partial charge in [-0.15, -0.1) is 5.10 Å². The number of carbonyl (C=O) groups is 1. The number of amides is 1. The van der Waals surface area contributed by atoms with E-state index in [1.165, 1.54) is 18.5 Å². The van der Waals surface area contributed by atoms with Gasteiger partial charge in [-0.2, -0.15) is 5.26 Å². The molecule has 0 radical (unpaired) electrons. The van der Waals surface area contributed by atoms with Gasteiger partial charge >= 0.3 is 6.09 Å². The molecule has 1 saturated heterocycles. The average Bonchev–Trinajstić information content (AvgIpc) is 3.51. The molecule has 11 nitrogen and oxygen atoms in total. The number of piperidine rings is 1. The second-order valence-corrected chi connectivity index (χ2v) is 10.9. The number of carbonyl (C=O) groups excluding carboxylic acids is 1. The fraction of sp³-hybridized carbons (Fsp3) is 0.429. The Labute approximate surface area is 231 Å². The third-order valence-corrected chi connectivity index (χ3v) is 6.84. The van der Waals surface area contributed by atoms with Crippen LogP contribution in [0.15, 0.2) is 36.8 Å². The molecule has 1 fully saturated rings. The summed E-state index contributed by atoms with van der Waals surface area (Å²) in [6.07, 6.45) is 4.74. The molecule has 208 valence electrons. The Balaban J connectivity index is 1.41. The van der Waals surface area contributed by atoms with Gasteiger partial charge in [0.2, 0.25) is 5.88 Å². The van der Waals surface area contributed by atoms with Crippen LogP contribution >= 0.6 is 0 Å². The van der Waals surface area contributed by atoms with Gasteiger partial charge in [0.25, 0.3) is 0 Å². The number of nitrogens with zero attached hydrogens (tertiary/aromatic N) is 8. The first kappa shape index (κ1) is 27.1. The number of likely N-dealkylation sites (tertiary alicyclic amines) is 1. The van der Waals surface area contributed by atoms with Crippen LogP contribution in [-0.4, -0.2) is 59.0 Å². The highest BCUT2D eigenvalue weighted by Crippen LogP contribution is 2.33. The number of hydrogen-bond acceptors (Lipinski definition) is 8. The predicted molar refractivity (Wildman–Crippen MR) is 143 cm³/mol. The van der Waals surface area contributed by atoms with Crippen LogP contribution in [-0.2, 0) is 4.74 Å². The van der Waals surface area contributed by atoms with E-state index < -0.39 is 17.5 Å². The molecule has 5 heterocycles. The van der Waals surface area contributed by atoms with Crippen LogP contribution in [0.5, 0.6) is 5.88 Å². The summed E-state index contributed by atoms with van der Waals surface area (Å²) < 4.78 is 29.0. The van der Waals surface area contributed by atoms with E-state index in [4.69, 9.17) is 9.47 Å². The molecule has 0 bridgehead atoms. The summed E-state index contributed by atoms with van der Waals surface area (Å²) in [5.41, 5.74) is 3.06. The van der Waals surface area contributed by atoms with Crippen LogP contribution in [0, 0.1) is 24.1 Å². The van der Waals surface area contributed by atoms with Crippen molar-refractivity contribution in [2.45, 2.75) is 65.2 Å². The van der Waals surface area contributed by atoms with E-state index in [0.29, 0.717) is 41.6 Å². The molecule has 1 atom stereocenters. The summed E-state index contributed by atoms with van der Waals surface area (Å²) in [7, 11) is 0. The second kappa shape index (κ2) is 10.6. The molecule has 40 heavy (non-hydrogen) atoms. The minimum Gasteiger partial charge on any atom is -0.471 e. The Kier molecular flexibility index (Phi) is 7.14. The first-order chi connectivity index (χ1) is 19.0. The molecule has 1 aliphatic heterocycles. The predicted octanol–water partition coefficient (Wildman–Crippen LogP) is 5.02. The SMILES string of the molecule is Cc1c(-c2cc(OC(C)c3cncc(F)c3)n3c(C#N)cnc3c2)nnn1C1CCN(C(=O)OC(C)(C)C)CC1. The van der Waals surface area contributed by atoms with Crippen molar-refractivity contribution in [1.82, 2.24) is 34.3 Å². The molecule has 5 rings (SSSR count). The minimum atomic E-state index is -0.553. The first-order valence-electron chi connectivity index (χ1n) is 13.1. The molecule has 1 aliphatic rings. The molecule has 4 aromatic heterocycles. The molecule has 0 saturated carbocycles.